The molecule has 0 amide bonds. The minimum atomic E-state index is -1.43. The first-order chi connectivity index (χ1) is 16.2. The van der Waals surface area contributed by atoms with Gasteiger partial charge < -0.3 is 55.8 Å². The molecule has 0 heterocycles. The lowest BCUT2D eigenvalue weighted by Gasteiger charge is -2.10. The number of rotatable bonds is 4. The van der Waals surface area contributed by atoms with Crippen LogP contribution in [-0.2, 0) is 0 Å². The number of carbonyl (C=O) groups is 3. The maximum absolute atomic E-state index is 11.9. The molecule has 0 fully saturated rings. The number of benzene rings is 3. The van der Waals surface area contributed by atoms with Crippen LogP contribution in [0.2, 0.25) is 0 Å². The van der Waals surface area contributed by atoms with E-state index in [4.69, 9.17) is 30.3 Å². The maximum atomic E-state index is 11.9. The molecule has 0 aliphatic heterocycles. The molecule has 0 bridgehead atoms. The molecule has 0 unspecified atom stereocenters. The summed E-state index contributed by atoms with van der Waals surface area (Å²) < 4.78 is 4.74. The molecule has 3 aromatic carbocycles. The van der Waals surface area contributed by atoms with Gasteiger partial charge in [0.25, 0.3) is 0 Å². The third-order valence-electron chi connectivity index (χ3n) is 4.13. The zero-order chi connectivity index (χ0) is 26.6. The number of aromatic carboxylic acids is 2. The predicted octanol–water partition coefficient (Wildman–Crippen LogP) is 1.63. The standard InChI is InChI=1S/C14H10O9.C7H6O5/c15-7-2-6(3-8(16)11(7)18)14(22)23-10-4-5(13(20)21)1-9(17)12(10)19;8-4-1-3(7(11)12)2-5(9)6(4)10/h1-4,15-19H,(H,20,21);1-2,8-10H,(H,11,12). The van der Waals surface area contributed by atoms with Gasteiger partial charge in [0.2, 0.25) is 5.75 Å². The molecule has 14 heteroatoms. The summed E-state index contributed by atoms with van der Waals surface area (Å²) in [7, 11) is 0. The lowest BCUT2D eigenvalue weighted by molar-refractivity contribution is 0.0682. The molecule has 0 spiro atoms. The summed E-state index contributed by atoms with van der Waals surface area (Å²) >= 11 is 0. The molecule has 0 atom stereocenters. The van der Waals surface area contributed by atoms with E-state index in [2.05, 4.69) is 0 Å². The number of carboxylic acids is 2. The zero-order valence-electron chi connectivity index (χ0n) is 17.1. The second-order valence-corrected chi connectivity index (χ2v) is 6.57. The number of carboxylic acid groups (broad SMARTS) is 2. The van der Waals surface area contributed by atoms with E-state index < -0.39 is 80.8 Å². The van der Waals surface area contributed by atoms with Crippen molar-refractivity contribution in [3.8, 4) is 51.7 Å². The molecule has 0 saturated heterocycles. The Hall–Kier alpha value is -5.53. The van der Waals surface area contributed by atoms with Crippen LogP contribution in [0.25, 0.3) is 0 Å². The van der Waals surface area contributed by atoms with Crippen LogP contribution in [-0.4, -0.2) is 69.0 Å². The molecule has 0 aliphatic carbocycles. The van der Waals surface area contributed by atoms with Crippen molar-refractivity contribution >= 4 is 17.9 Å². The Kier molecular flexibility index (Phi) is 7.31. The minimum absolute atomic E-state index is 0.289. The van der Waals surface area contributed by atoms with Gasteiger partial charge in [-0.25, -0.2) is 14.4 Å². The van der Waals surface area contributed by atoms with Crippen LogP contribution in [0.3, 0.4) is 0 Å². The summed E-state index contributed by atoms with van der Waals surface area (Å²) in [5.74, 6) is -10.7. The van der Waals surface area contributed by atoms with Crippen LogP contribution in [0.15, 0.2) is 36.4 Å². The molecular formula is C21H16O14. The fourth-order valence-electron chi connectivity index (χ4n) is 2.40. The topological polar surface area (TPSA) is 263 Å². The van der Waals surface area contributed by atoms with Crippen LogP contribution in [0.1, 0.15) is 31.1 Å². The number of ether oxygens (including phenoxy) is 1. The molecule has 35 heavy (non-hydrogen) atoms. The smallest absolute Gasteiger partial charge is 0.343 e. The van der Waals surface area contributed by atoms with E-state index in [1.54, 1.807) is 0 Å². The van der Waals surface area contributed by atoms with Crippen molar-refractivity contribution in [3.05, 3.63) is 53.1 Å². The quantitative estimate of drug-likeness (QED) is 0.141. The zero-order valence-corrected chi connectivity index (χ0v) is 17.1. The number of esters is 1. The van der Waals surface area contributed by atoms with E-state index >= 15 is 0 Å². The van der Waals surface area contributed by atoms with Crippen molar-refractivity contribution in [1.29, 1.82) is 0 Å². The molecule has 0 radical (unpaired) electrons. The molecule has 0 aliphatic rings. The van der Waals surface area contributed by atoms with Crippen LogP contribution >= 0.6 is 0 Å². The highest BCUT2D eigenvalue weighted by molar-refractivity contribution is 5.94. The monoisotopic (exact) mass is 492 g/mol. The molecule has 184 valence electrons. The Labute approximate surface area is 193 Å². The Morgan fingerprint density at radius 1 is 0.486 bits per heavy atom. The van der Waals surface area contributed by atoms with Crippen LogP contribution in [0.4, 0.5) is 0 Å². The SMILES string of the molecule is O=C(O)c1cc(O)c(O)c(O)c1.O=C(O)c1cc(O)c(O)c(OC(=O)c2cc(O)c(O)c(O)c2)c1. The first-order valence-electron chi connectivity index (χ1n) is 8.97. The summed E-state index contributed by atoms with van der Waals surface area (Å²) in [5.41, 5.74) is -1.13. The summed E-state index contributed by atoms with van der Waals surface area (Å²) in [5, 5.41) is 90.7. The molecule has 0 saturated carbocycles. The van der Waals surface area contributed by atoms with Gasteiger partial charge in [0.1, 0.15) is 0 Å². The Morgan fingerprint density at radius 2 is 0.800 bits per heavy atom. The Morgan fingerprint density at radius 3 is 1.17 bits per heavy atom. The fourth-order valence-corrected chi connectivity index (χ4v) is 2.40. The molecular weight excluding hydrogens is 476 g/mol. The normalized spacial score (nSPS) is 10.1. The van der Waals surface area contributed by atoms with Crippen molar-refractivity contribution in [2.45, 2.75) is 0 Å². The van der Waals surface area contributed by atoms with E-state index in [0.717, 1.165) is 36.4 Å². The number of phenols is 8. The average molecular weight is 492 g/mol. The van der Waals surface area contributed by atoms with Gasteiger partial charge in [-0.15, -0.1) is 0 Å². The highest BCUT2D eigenvalue weighted by Crippen LogP contribution is 2.39. The second kappa shape index (κ2) is 9.95. The Balaban J connectivity index is 0.000000303. The number of aromatic hydroxyl groups is 8. The van der Waals surface area contributed by atoms with Gasteiger partial charge in [0.15, 0.2) is 46.0 Å². The largest absolute Gasteiger partial charge is 0.504 e. The molecule has 10 N–H and O–H groups in total. The van der Waals surface area contributed by atoms with Gasteiger partial charge in [-0.2, -0.15) is 0 Å². The first-order valence-corrected chi connectivity index (χ1v) is 8.97. The highest BCUT2D eigenvalue weighted by atomic mass is 16.5. The van der Waals surface area contributed by atoms with Crippen molar-refractivity contribution in [1.82, 2.24) is 0 Å². The third-order valence-corrected chi connectivity index (χ3v) is 4.13. The van der Waals surface area contributed by atoms with Gasteiger partial charge in [0.05, 0.1) is 16.7 Å². The maximum Gasteiger partial charge on any atom is 0.343 e. The molecule has 3 rings (SSSR count). The van der Waals surface area contributed by atoms with Crippen molar-refractivity contribution in [3.63, 3.8) is 0 Å². The van der Waals surface area contributed by atoms with Gasteiger partial charge in [0, 0.05) is 0 Å². The van der Waals surface area contributed by atoms with Gasteiger partial charge in [-0.3, -0.25) is 0 Å². The van der Waals surface area contributed by atoms with E-state index in [-0.39, 0.29) is 5.56 Å². The number of hydrogen-bond donors (Lipinski definition) is 10. The number of phenolic OH excluding ortho intramolecular Hbond substituents is 8. The van der Waals surface area contributed by atoms with Crippen molar-refractivity contribution < 1.29 is 70.2 Å². The van der Waals surface area contributed by atoms with Gasteiger partial charge in [-0.05, 0) is 36.4 Å². The lowest BCUT2D eigenvalue weighted by Crippen LogP contribution is -2.09. The number of hydrogen-bond acceptors (Lipinski definition) is 12. The summed E-state index contributed by atoms with van der Waals surface area (Å²) in [6, 6.07) is 4.82. The molecule has 3 aromatic rings. The van der Waals surface area contributed by atoms with E-state index in [1.807, 2.05) is 0 Å². The van der Waals surface area contributed by atoms with Crippen LogP contribution in [0, 0.1) is 0 Å². The van der Waals surface area contributed by atoms with E-state index in [0.29, 0.717) is 0 Å². The van der Waals surface area contributed by atoms with E-state index in [9.17, 15) is 39.9 Å². The van der Waals surface area contributed by atoms with Gasteiger partial charge in [-0.1, -0.05) is 0 Å². The number of carbonyl (C=O) groups excluding carboxylic acids is 1. The van der Waals surface area contributed by atoms with E-state index in [1.165, 1.54) is 0 Å². The average Bonchev–Trinajstić information content (AvgIpc) is 2.78. The lowest BCUT2D eigenvalue weighted by atomic mass is 10.1. The van der Waals surface area contributed by atoms with Crippen molar-refractivity contribution in [2.24, 2.45) is 0 Å². The summed E-state index contributed by atoms with van der Waals surface area (Å²) in [6.07, 6.45) is 0. The van der Waals surface area contributed by atoms with Crippen molar-refractivity contribution in [2.75, 3.05) is 0 Å². The minimum Gasteiger partial charge on any atom is -0.504 e. The Bertz CT molecular complexity index is 1280. The second-order valence-electron chi connectivity index (χ2n) is 6.57. The first kappa shape index (κ1) is 25.7. The van der Waals surface area contributed by atoms with Gasteiger partial charge >= 0.3 is 17.9 Å². The third kappa shape index (κ3) is 5.83. The van der Waals surface area contributed by atoms with Crippen LogP contribution < -0.4 is 4.74 Å². The molecule has 0 aromatic heterocycles. The summed E-state index contributed by atoms with van der Waals surface area (Å²) in [6.45, 7) is 0. The highest BCUT2D eigenvalue weighted by Gasteiger charge is 2.20. The summed E-state index contributed by atoms with van der Waals surface area (Å²) in [4.78, 5) is 33.1. The predicted molar refractivity (Wildman–Crippen MR) is 112 cm³/mol. The fraction of sp³-hybridized carbons (Fsp3) is 0. The van der Waals surface area contributed by atoms with Crippen LogP contribution in [0.5, 0.6) is 51.7 Å². The molecule has 14 nitrogen and oxygen atoms in total.